The minimum atomic E-state index is 0.193. The van der Waals surface area contributed by atoms with E-state index >= 15 is 0 Å². The number of fused-ring (bicyclic) bond motifs is 1. The first kappa shape index (κ1) is 13.3. The molecule has 4 nitrogen and oxygen atoms in total. The van der Waals surface area contributed by atoms with Crippen molar-refractivity contribution in [1.29, 1.82) is 0 Å². The van der Waals surface area contributed by atoms with Crippen LogP contribution in [0, 0.1) is 0 Å². The van der Waals surface area contributed by atoms with Gasteiger partial charge in [0, 0.05) is 24.7 Å². The van der Waals surface area contributed by atoms with Gasteiger partial charge >= 0.3 is 0 Å². The van der Waals surface area contributed by atoms with Crippen molar-refractivity contribution in [2.45, 2.75) is 31.9 Å². The lowest BCUT2D eigenvalue weighted by Gasteiger charge is -2.22. The van der Waals surface area contributed by atoms with Crippen LogP contribution in [-0.2, 0) is 11.3 Å². The summed E-state index contributed by atoms with van der Waals surface area (Å²) < 4.78 is 11.6. The van der Waals surface area contributed by atoms with E-state index < -0.39 is 0 Å². The van der Waals surface area contributed by atoms with Gasteiger partial charge in [0.2, 0.25) is 5.88 Å². The maximum Gasteiger partial charge on any atom is 0.221 e. The van der Waals surface area contributed by atoms with Gasteiger partial charge in [0.15, 0.2) is 0 Å². The molecule has 1 aromatic carbocycles. The molecule has 1 unspecified atom stereocenters. The van der Waals surface area contributed by atoms with E-state index in [-0.39, 0.29) is 6.10 Å². The molecule has 0 amide bonds. The van der Waals surface area contributed by atoms with Crippen molar-refractivity contribution in [1.82, 2.24) is 4.98 Å². The average Bonchev–Trinajstić information content (AvgIpc) is 2.53. The van der Waals surface area contributed by atoms with E-state index in [1.54, 1.807) is 6.20 Å². The molecule has 1 aliphatic rings. The van der Waals surface area contributed by atoms with Gasteiger partial charge in [0.25, 0.3) is 0 Å². The first-order chi connectivity index (χ1) is 9.88. The number of rotatable bonds is 4. The summed E-state index contributed by atoms with van der Waals surface area (Å²) in [6.45, 7) is 1.90. The molecule has 2 N–H and O–H groups in total. The van der Waals surface area contributed by atoms with Crippen LogP contribution in [0.1, 0.15) is 24.8 Å². The van der Waals surface area contributed by atoms with Gasteiger partial charge in [-0.3, -0.25) is 0 Å². The Morgan fingerprint density at radius 3 is 2.85 bits per heavy atom. The van der Waals surface area contributed by atoms with Gasteiger partial charge in [-0.15, -0.1) is 0 Å². The Bertz CT molecular complexity index is 580. The summed E-state index contributed by atoms with van der Waals surface area (Å²) in [5.41, 5.74) is 6.80. The summed E-state index contributed by atoms with van der Waals surface area (Å²) in [5, 5.41) is 2.14. The lowest BCUT2D eigenvalue weighted by molar-refractivity contribution is -0.0116. The van der Waals surface area contributed by atoms with Crippen molar-refractivity contribution >= 4 is 10.8 Å². The van der Waals surface area contributed by atoms with Gasteiger partial charge < -0.3 is 15.2 Å². The van der Waals surface area contributed by atoms with Crippen molar-refractivity contribution in [3.05, 3.63) is 36.0 Å². The van der Waals surface area contributed by atoms with E-state index in [9.17, 15) is 0 Å². The number of hydrogen-bond acceptors (Lipinski definition) is 4. The minimum absolute atomic E-state index is 0.193. The Labute approximate surface area is 118 Å². The molecule has 2 aromatic rings. The van der Waals surface area contributed by atoms with Crippen LogP contribution in [0.3, 0.4) is 0 Å². The molecule has 0 saturated carbocycles. The van der Waals surface area contributed by atoms with E-state index in [0.717, 1.165) is 35.8 Å². The Kier molecular flexibility index (Phi) is 4.14. The molecule has 0 radical (unpaired) electrons. The fraction of sp³-hybridized carbons (Fsp3) is 0.438. The highest BCUT2D eigenvalue weighted by Crippen LogP contribution is 2.26. The number of hydrogen-bond donors (Lipinski definition) is 1. The highest BCUT2D eigenvalue weighted by atomic mass is 16.5. The second-order valence-corrected chi connectivity index (χ2v) is 5.14. The molecule has 3 rings (SSSR count). The number of aromatic nitrogens is 1. The molecule has 20 heavy (non-hydrogen) atoms. The first-order valence-electron chi connectivity index (χ1n) is 7.19. The zero-order valence-corrected chi connectivity index (χ0v) is 11.5. The number of nitrogens with zero attached hydrogens (tertiary/aromatic N) is 1. The van der Waals surface area contributed by atoms with Crippen LogP contribution in [0.2, 0.25) is 0 Å². The predicted octanol–water partition coefficient (Wildman–Crippen LogP) is 2.64. The summed E-state index contributed by atoms with van der Waals surface area (Å²) in [6, 6.07) is 8.09. The van der Waals surface area contributed by atoms with E-state index in [0.29, 0.717) is 19.0 Å². The molecule has 2 heterocycles. The smallest absolute Gasteiger partial charge is 0.221 e. The average molecular weight is 272 g/mol. The zero-order chi connectivity index (χ0) is 13.8. The van der Waals surface area contributed by atoms with Gasteiger partial charge in [0.1, 0.15) is 6.61 Å². The van der Waals surface area contributed by atoms with Crippen LogP contribution in [-0.4, -0.2) is 24.3 Å². The Morgan fingerprint density at radius 1 is 1.25 bits per heavy atom. The fourth-order valence-electron chi connectivity index (χ4n) is 2.61. The first-order valence-corrected chi connectivity index (χ1v) is 7.19. The third-order valence-corrected chi connectivity index (χ3v) is 3.74. The van der Waals surface area contributed by atoms with Crippen molar-refractivity contribution in [3.63, 3.8) is 0 Å². The minimum Gasteiger partial charge on any atom is -0.474 e. The summed E-state index contributed by atoms with van der Waals surface area (Å²) in [6.07, 6.45) is 5.44. The second kappa shape index (κ2) is 6.20. The molecular weight excluding hydrogens is 252 g/mol. The molecule has 1 fully saturated rings. The van der Waals surface area contributed by atoms with E-state index in [1.165, 1.54) is 6.42 Å². The van der Waals surface area contributed by atoms with Crippen LogP contribution >= 0.6 is 0 Å². The maximum atomic E-state index is 5.88. The molecule has 1 saturated heterocycles. The number of pyridine rings is 1. The third kappa shape index (κ3) is 2.76. The van der Waals surface area contributed by atoms with Crippen LogP contribution in [0.25, 0.3) is 10.8 Å². The van der Waals surface area contributed by atoms with Gasteiger partial charge in [-0.05, 0) is 36.3 Å². The quantitative estimate of drug-likeness (QED) is 0.929. The molecule has 0 aliphatic carbocycles. The molecule has 106 valence electrons. The van der Waals surface area contributed by atoms with Crippen molar-refractivity contribution in [2.75, 3.05) is 13.2 Å². The van der Waals surface area contributed by atoms with Gasteiger partial charge in [-0.25, -0.2) is 4.98 Å². The fourth-order valence-corrected chi connectivity index (χ4v) is 2.61. The zero-order valence-electron chi connectivity index (χ0n) is 11.5. The van der Waals surface area contributed by atoms with Gasteiger partial charge in [-0.2, -0.15) is 0 Å². The lowest BCUT2D eigenvalue weighted by atomic mass is 10.1. The maximum absolute atomic E-state index is 5.88. The SMILES string of the molecule is NCc1cnc(OCC2CCCCO2)c2ccccc12. The lowest BCUT2D eigenvalue weighted by Crippen LogP contribution is -2.26. The summed E-state index contributed by atoms with van der Waals surface area (Å²) in [5.74, 6) is 0.673. The third-order valence-electron chi connectivity index (χ3n) is 3.74. The molecular formula is C16H20N2O2. The van der Waals surface area contributed by atoms with Crippen molar-refractivity contribution in [2.24, 2.45) is 5.73 Å². The normalized spacial score (nSPS) is 19.1. The standard InChI is InChI=1S/C16H20N2O2/c17-9-12-10-18-16(15-7-2-1-6-14(12)15)20-11-13-5-3-4-8-19-13/h1-2,6-7,10,13H,3-5,8-9,11,17H2. The Balaban J connectivity index is 1.80. The van der Waals surface area contributed by atoms with E-state index in [4.69, 9.17) is 15.2 Å². The van der Waals surface area contributed by atoms with Gasteiger partial charge in [-0.1, -0.05) is 18.2 Å². The molecule has 0 bridgehead atoms. The Morgan fingerprint density at radius 2 is 2.10 bits per heavy atom. The van der Waals surface area contributed by atoms with Crippen LogP contribution < -0.4 is 10.5 Å². The van der Waals surface area contributed by atoms with Crippen molar-refractivity contribution < 1.29 is 9.47 Å². The molecule has 1 atom stereocenters. The Hall–Kier alpha value is -1.65. The topological polar surface area (TPSA) is 57.4 Å². The summed E-state index contributed by atoms with van der Waals surface area (Å²) in [4.78, 5) is 4.40. The van der Waals surface area contributed by atoms with Crippen molar-refractivity contribution in [3.8, 4) is 5.88 Å². The monoisotopic (exact) mass is 272 g/mol. The van der Waals surface area contributed by atoms with Crippen LogP contribution in [0.15, 0.2) is 30.5 Å². The molecule has 0 spiro atoms. The number of ether oxygens (including phenoxy) is 2. The highest BCUT2D eigenvalue weighted by molar-refractivity contribution is 5.89. The number of benzene rings is 1. The molecule has 4 heteroatoms. The second-order valence-electron chi connectivity index (χ2n) is 5.14. The van der Waals surface area contributed by atoms with Crippen LogP contribution in [0.4, 0.5) is 0 Å². The van der Waals surface area contributed by atoms with E-state index in [2.05, 4.69) is 11.1 Å². The molecule has 1 aromatic heterocycles. The van der Waals surface area contributed by atoms with Gasteiger partial charge in [0.05, 0.1) is 6.10 Å². The predicted molar refractivity (Wildman–Crippen MR) is 78.7 cm³/mol. The molecule has 1 aliphatic heterocycles. The van der Waals surface area contributed by atoms with E-state index in [1.807, 2.05) is 18.2 Å². The van der Waals surface area contributed by atoms with Crippen LogP contribution in [0.5, 0.6) is 5.88 Å². The summed E-state index contributed by atoms with van der Waals surface area (Å²) >= 11 is 0. The summed E-state index contributed by atoms with van der Waals surface area (Å²) in [7, 11) is 0. The largest absolute Gasteiger partial charge is 0.474 e. The number of nitrogens with two attached hydrogens (primary N) is 1. The highest BCUT2D eigenvalue weighted by Gasteiger charge is 2.15.